The number of halogens is 1. The number of benzene rings is 2. The Balaban J connectivity index is 1.72. The zero-order valence-electron chi connectivity index (χ0n) is 16.7. The molecule has 0 atom stereocenters. The fraction of sp³-hybridized carbons (Fsp3) is 0.350. The molecule has 0 unspecified atom stereocenters. The minimum atomic E-state index is -3.81. The first-order chi connectivity index (χ1) is 14.3. The molecule has 10 heteroatoms. The van der Waals surface area contributed by atoms with Gasteiger partial charge in [-0.25, -0.2) is 8.42 Å². The van der Waals surface area contributed by atoms with Gasteiger partial charge in [-0.1, -0.05) is 25.4 Å². The van der Waals surface area contributed by atoms with Crippen LogP contribution < -0.4 is 19.5 Å². The van der Waals surface area contributed by atoms with Gasteiger partial charge >= 0.3 is 0 Å². The SMILES string of the molecule is CCN(CC)S(=O)(=O)c1cc(Cl)ccc1OCC(=O)Nc1ccc2c(c1)OCCO2. The van der Waals surface area contributed by atoms with Gasteiger partial charge in [0.15, 0.2) is 18.1 Å². The van der Waals surface area contributed by atoms with Crippen molar-refractivity contribution in [2.75, 3.05) is 38.2 Å². The highest BCUT2D eigenvalue weighted by Gasteiger charge is 2.26. The van der Waals surface area contributed by atoms with E-state index in [0.29, 0.717) is 43.5 Å². The lowest BCUT2D eigenvalue weighted by Gasteiger charge is -2.21. The Kier molecular flexibility index (Phi) is 7.06. The van der Waals surface area contributed by atoms with Crippen molar-refractivity contribution in [3.63, 3.8) is 0 Å². The topological polar surface area (TPSA) is 94.2 Å². The molecule has 0 aromatic heterocycles. The van der Waals surface area contributed by atoms with Gasteiger partial charge in [0.1, 0.15) is 23.9 Å². The van der Waals surface area contributed by atoms with Crippen molar-refractivity contribution in [3.8, 4) is 17.2 Å². The van der Waals surface area contributed by atoms with E-state index < -0.39 is 15.9 Å². The Morgan fingerprint density at radius 2 is 1.80 bits per heavy atom. The number of anilines is 1. The van der Waals surface area contributed by atoms with Crippen LogP contribution in [0.4, 0.5) is 5.69 Å². The molecule has 162 valence electrons. The molecule has 1 amide bonds. The van der Waals surface area contributed by atoms with E-state index in [0.717, 1.165) is 0 Å². The lowest BCUT2D eigenvalue weighted by Crippen LogP contribution is -2.31. The third-order valence-corrected chi connectivity index (χ3v) is 6.72. The van der Waals surface area contributed by atoms with Crippen LogP contribution in [0.3, 0.4) is 0 Å². The third kappa shape index (κ3) is 4.97. The summed E-state index contributed by atoms with van der Waals surface area (Å²) in [7, 11) is -3.81. The summed E-state index contributed by atoms with van der Waals surface area (Å²) >= 11 is 6.00. The molecule has 0 bridgehead atoms. The van der Waals surface area contributed by atoms with E-state index >= 15 is 0 Å². The predicted molar refractivity (Wildman–Crippen MR) is 113 cm³/mol. The number of ether oxygens (including phenoxy) is 3. The third-order valence-electron chi connectivity index (χ3n) is 4.41. The molecule has 1 aliphatic rings. The molecule has 0 saturated heterocycles. The molecular formula is C20H23ClN2O6S. The summed E-state index contributed by atoms with van der Waals surface area (Å²) < 4.78 is 43.6. The van der Waals surface area contributed by atoms with Crippen molar-refractivity contribution in [3.05, 3.63) is 41.4 Å². The Morgan fingerprint density at radius 3 is 2.50 bits per heavy atom. The van der Waals surface area contributed by atoms with Crippen molar-refractivity contribution >= 4 is 33.2 Å². The van der Waals surface area contributed by atoms with Gasteiger partial charge in [-0.3, -0.25) is 4.79 Å². The van der Waals surface area contributed by atoms with Gasteiger partial charge in [-0.2, -0.15) is 4.31 Å². The second-order valence-electron chi connectivity index (χ2n) is 6.38. The van der Waals surface area contributed by atoms with Gasteiger partial charge < -0.3 is 19.5 Å². The van der Waals surface area contributed by atoms with Crippen molar-refractivity contribution in [2.24, 2.45) is 0 Å². The fourth-order valence-electron chi connectivity index (χ4n) is 2.97. The maximum atomic E-state index is 12.9. The highest BCUT2D eigenvalue weighted by molar-refractivity contribution is 7.89. The van der Waals surface area contributed by atoms with E-state index in [1.165, 1.54) is 22.5 Å². The molecule has 0 saturated carbocycles. The standard InChI is InChI=1S/C20H23ClN2O6S/c1-3-23(4-2)30(25,26)19-11-14(21)5-7-17(19)29-13-20(24)22-15-6-8-16-18(12-15)28-10-9-27-16/h5-8,11-12H,3-4,9-10,13H2,1-2H3,(H,22,24). The Hall–Kier alpha value is -2.49. The smallest absolute Gasteiger partial charge is 0.262 e. The molecule has 1 heterocycles. The monoisotopic (exact) mass is 454 g/mol. The average Bonchev–Trinajstić information content (AvgIpc) is 2.73. The highest BCUT2D eigenvalue weighted by Crippen LogP contribution is 2.33. The first kappa shape index (κ1) is 22.2. The zero-order valence-corrected chi connectivity index (χ0v) is 18.3. The fourth-order valence-corrected chi connectivity index (χ4v) is 4.82. The lowest BCUT2D eigenvalue weighted by molar-refractivity contribution is -0.118. The number of fused-ring (bicyclic) bond motifs is 1. The summed E-state index contributed by atoms with van der Waals surface area (Å²) in [6.07, 6.45) is 0. The minimum Gasteiger partial charge on any atom is -0.486 e. The molecule has 30 heavy (non-hydrogen) atoms. The Labute approximate surface area is 180 Å². The first-order valence-electron chi connectivity index (χ1n) is 9.47. The Bertz CT molecular complexity index is 1020. The molecular weight excluding hydrogens is 432 g/mol. The quantitative estimate of drug-likeness (QED) is 0.658. The summed E-state index contributed by atoms with van der Waals surface area (Å²) in [5.74, 6) is 0.768. The molecule has 0 radical (unpaired) electrons. The molecule has 0 spiro atoms. The van der Waals surface area contributed by atoms with Crippen LogP contribution in [0.25, 0.3) is 0 Å². The number of rotatable bonds is 8. The van der Waals surface area contributed by atoms with Gasteiger partial charge in [0.2, 0.25) is 10.0 Å². The van der Waals surface area contributed by atoms with Crippen LogP contribution in [-0.2, 0) is 14.8 Å². The second-order valence-corrected chi connectivity index (χ2v) is 8.72. The number of hydrogen-bond donors (Lipinski definition) is 1. The van der Waals surface area contributed by atoms with Gasteiger partial charge in [0.05, 0.1) is 0 Å². The average molecular weight is 455 g/mol. The summed E-state index contributed by atoms with van der Waals surface area (Å²) in [6, 6.07) is 9.32. The lowest BCUT2D eigenvalue weighted by atomic mass is 10.2. The molecule has 0 fully saturated rings. The number of nitrogens with one attached hydrogen (secondary N) is 1. The molecule has 2 aromatic carbocycles. The number of amides is 1. The predicted octanol–water partition coefficient (Wildman–Crippen LogP) is 3.16. The van der Waals surface area contributed by atoms with Crippen LogP contribution in [0, 0.1) is 0 Å². The highest BCUT2D eigenvalue weighted by atomic mass is 35.5. The molecule has 8 nitrogen and oxygen atoms in total. The zero-order chi connectivity index (χ0) is 21.7. The van der Waals surface area contributed by atoms with Gasteiger partial charge in [0.25, 0.3) is 5.91 Å². The molecule has 1 aliphatic heterocycles. The van der Waals surface area contributed by atoms with Crippen LogP contribution in [-0.4, -0.2) is 51.5 Å². The van der Waals surface area contributed by atoms with E-state index in [-0.39, 0.29) is 22.3 Å². The number of carbonyl (C=O) groups excluding carboxylic acids is 1. The van der Waals surface area contributed by atoms with E-state index in [4.69, 9.17) is 25.8 Å². The number of sulfonamides is 1. The Morgan fingerprint density at radius 1 is 1.10 bits per heavy atom. The van der Waals surface area contributed by atoms with Gasteiger partial charge in [-0.05, 0) is 30.3 Å². The number of hydrogen-bond acceptors (Lipinski definition) is 6. The van der Waals surface area contributed by atoms with Gasteiger partial charge in [-0.15, -0.1) is 0 Å². The normalized spacial score (nSPS) is 13.2. The number of nitrogens with zero attached hydrogens (tertiary/aromatic N) is 1. The maximum absolute atomic E-state index is 12.9. The summed E-state index contributed by atoms with van der Waals surface area (Å²) in [4.78, 5) is 12.3. The van der Waals surface area contributed by atoms with Crippen LogP contribution in [0.5, 0.6) is 17.2 Å². The van der Waals surface area contributed by atoms with Crippen molar-refractivity contribution < 1.29 is 27.4 Å². The van der Waals surface area contributed by atoms with Crippen molar-refractivity contribution in [1.29, 1.82) is 0 Å². The molecule has 3 rings (SSSR count). The van der Waals surface area contributed by atoms with Crippen LogP contribution in [0.1, 0.15) is 13.8 Å². The van der Waals surface area contributed by atoms with Crippen LogP contribution in [0.15, 0.2) is 41.3 Å². The maximum Gasteiger partial charge on any atom is 0.262 e. The molecule has 1 N–H and O–H groups in total. The van der Waals surface area contributed by atoms with Crippen molar-refractivity contribution in [1.82, 2.24) is 4.31 Å². The second kappa shape index (κ2) is 9.55. The van der Waals surface area contributed by atoms with E-state index in [1.807, 2.05) is 0 Å². The van der Waals surface area contributed by atoms with E-state index in [2.05, 4.69) is 5.32 Å². The summed E-state index contributed by atoms with van der Waals surface area (Å²) in [6.45, 7) is 4.63. The van der Waals surface area contributed by atoms with E-state index in [1.54, 1.807) is 32.0 Å². The molecule has 2 aromatic rings. The van der Waals surface area contributed by atoms with E-state index in [9.17, 15) is 13.2 Å². The number of carbonyl (C=O) groups is 1. The van der Waals surface area contributed by atoms with Crippen LogP contribution >= 0.6 is 11.6 Å². The summed E-state index contributed by atoms with van der Waals surface area (Å²) in [5, 5.41) is 2.95. The van der Waals surface area contributed by atoms with Crippen LogP contribution in [0.2, 0.25) is 5.02 Å². The molecule has 0 aliphatic carbocycles. The first-order valence-corrected chi connectivity index (χ1v) is 11.3. The largest absolute Gasteiger partial charge is 0.486 e. The minimum absolute atomic E-state index is 0.0589. The van der Waals surface area contributed by atoms with Gasteiger partial charge in [0, 0.05) is 29.9 Å². The summed E-state index contributed by atoms with van der Waals surface area (Å²) in [5.41, 5.74) is 0.514. The van der Waals surface area contributed by atoms with Crippen molar-refractivity contribution in [2.45, 2.75) is 18.7 Å².